The lowest BCUT2D eigenvalue weighted by molar-refractivity contribution is 0.373. The Morgan fingerprint density at radius 2 is 2.29 bits per heavy atom. The highest BCUT2D eigenvalue weighted by Gasteiger charge is 2.04. The van der Waals surface area contributed by atoms with Gasteiger partial charge in [0.05, 0.1) is 25.3 Å². The van der Waals surface area contributed by atoms with Crippen molar-refractivity contribution >= 4 is 0 Å². The van der Waals surface area contributed by atoms with Crippen molar-refractivity contribution in [3.63, 3.8) is 0 Å². The van der Waals surface area contributed by atoms with Gasteiger partial charge in [-0.25, -0.2) is 4.98 Å². The van der Waals surface area contributed by atoms with Crippen molar-refractivity contribution in [2.45, 2.75) is 0 Å². The molecule has 4 heteroatoms. The van der Waals surface area contributed by atoms with E-state index in [0.29, 0.717) is 5.75 Å². The van der Waals surface area contributed by atoms with Gasteiger partial charge in [-0.05, 0) is 18.2 Å². The summed E-state index contributed by atoms with van der Waals surface area (Å²) in [5, 5.41) is 9.38. The van der Waals surface area contributed by atoms with Crippen molar-refractivity contribution < 1.29 is 9.84 Å². The lowest BCUT2D eigenvalue weighted by atomic mass is 10.1. The zero-order valence-corrected chi connectivity index (χ0v) is 7.69. The van der Waals surface area contributed by atoms with E-state index in [1.54, 1.807) is 30.7 Å². The van der Waals surface area contributed by atoms with Crippen molar-refractivity contribution in [2.24, 2.45) is 0 Å². The van der Waals surface area contributed by atoms with Crippen molar-refractivity contribution in [1.29, 1.82) is 0 Å². The molecular weight excluding hydrogens is 180 g/mol. The molecule has 1 aromatic carbocycles. The molecule has 72 valence electrons. The maximum Gasteiger partial charge on any atom is 0.161 e. The third kappa shape index (κ3) is 1.42. The number of rotatable bonds is 2. The number of ether oxygens (including phenoxy) is 1. The molecule has 0 aliphatic carbocycles. The van der Waals surface area contributed by atoms with Gasteiger partial charge in [0, 0.05) is 5.56 Å². The van der Waals surface area contributed by atoms with Crippen molar-refractivity contribution in [1.82, 2.24) is 9.97 Å². The van der Waals surface area contributed by atoms with Crippen LogP contribution in [0.25, 0.3) is 11.3 Å². The molecule has 0 unspecified atom stereocenters. The second-order valence-corrected chi connectivity index (χ2v) is 2.85. The summed E-state index contributed by atoms with van der Waals surface area (Å²) in [7, 11) is 1.52. The minimum absolute atomic E-state index is 0.135. The predicted molar refractivity (Wildman–Crippen MR) is 52.2 cm³/mol. The zero-order chi connectivity index (χ0) is 9.97. The molecule has 1 heterocycles. The number of nitrogens with zero attached hydrogens (tertiary/aromatic N) is 1. The van der Waals surface area contributed by atoms with Gasteiger partial charge < -0.3 is 14.8 Å². The van der Waals surface area contributed by atoms with E-state index in [0.717, 1.165) is 11.3 Å². The van der Waals surface area contributed by atoms with Crippen LogP contribution in [-0.2, 0) is 0 Å². The summed E-state index contributed by atoms with van der Waals surface area (Å²) in [5.41, 5.74) is 1.82. The van der Waals surface area contributed by atoms with Crippen LogP contribution in [0.4, 0.5) is 0 Å². The van der Waals surface area contributed by atoms with E-state index in [9.17, 15) is 5.11 Å². The van der Waals surface area contributed by atoms with Crippen LogP contribution in [0.1, 0.15) is 0 Å². The molecule has 14 heavy (non-hydrogen) atoms. The Balaban J connectivity index is 2.46. The van der Waals surface area contributed by atoms with Crippen LogP contribution in [-0.4, -0.2) is 22.2 Å². The lowest BCUT2D eigenvalue weighted by Crippen LogP contribution is -1.85. The van der Waals surface area contributed by atoms with E-state index in [2.05, 4.69) is 9.97 Å². The zero-order valence-electron chi connectivity index (χ0n) is 7.69. The number of hydrogen-bond acceptors (Lipinski definition) is 3. The fourth-order valence-electron chi connectivity index (χ4n) is 1.26. The highest BCUT2D eigenvalue weighted by Crippen LogP contribution is 2.30. The fraction of sp³-hybridized carbons (Fsp3) is 0.100. The molecule has 0 saturated carbocycles. The summed E-state index contributed by atoms with van der Waals surface area (Å²) in [6, 6.07) is 5.14. The number of aromatic amines is 1. The molecule has 2 aromatic rings. The molecule has 2 N–H and O–H groups in total. The summed E-state index contributed by atoms with van der Waals surface area (Å²) >= 11 is 0. The van der Waals surface area contributed by atoms with Crippen molar-refractivity contribution in [3.05, 3.63) is 30.7 Å². The summed E-state index contributed by atoms with van der Waals surface area (Å²) in [6.07, 6.45) is 3.32. The first-order chi connectivity index (χ1) is 6.81. The van der Waals surface area contributed by atoms with Crippen LogP contribution in [0.15, 0.2) is 30.7 Å². The SMILES string of the molecule is COc1cc(-c2cnc[nH]2)ccc1O. The Hall–Kier alpha value is -1.97. The second-order valence-electron chi connectivity index (χ2n) is 2.85. The Labute approximate surface area is 81.2 Å². The molecule has 0 radical (unpaired) electrons. The number of phenolic OH excluding ortho intramolecular Hbond substituents is 1. The topological polar surface area (TPSA) is 58.1 Å². The molecule has 0 fully saturated rings. The monoisotopic (exact) mass is 190 g/mol. The summed E-state index contributed by atoms with van der Waals surface area (Å²) < 4.78 is 5.00. The van der Waals surface area contributed by atoms with Gasteiger partial charge in [0.25, 0.3) is 0 Å². The third-order valence-electron chi connectivity index (χ3n) is 1.99. The van der Waals surface area contributed by atoms with Gasteiger partial charge in [-0.3, -0.25) is 0 Å². The van der Waals surface area contributed by atoms with E-state index in [-0.39, 0.29) is 5.75 Å². The third-order valence-corrected chi connectivity index (χ3v) is 1.99. The molecule has 0 atom stereocenters. The molecular formula is C10H10N2O2. The van der Waals surface area contributed by atoms with Gasteiger partial charge in [0.15, 0.2) is 11.5 Å². The number of benzene rings is 1. The maximum atomic E-state index is 9.38. The number of H-pyrrole nitrogens is 1. The number of hydrogen-bond donors (Lipinski definition) is 2. The second kappa shape index (κ2) is 3.41. The Morgan fingerprint density at radius 1 is 1.43 bits per heavy atom. The molecule has 2 rings (SSSR count). The van der Waals surface area contributed by atoms with Gasteiger partial charge in [0.2, 0.25) is 0 Å². The van der Waals surface area contributed by atoms with Crippen LogP contribution in [0.5, 0.6) is 11.5 Å². The molecule has 0 amide bonds. The van der Waals surface area contributed by atoms with Gasteiger partial charge in [-0.1, -0.05) is 0 Å². The lowest BCUT2D eigenvalue weighted by Gasteiger charge is -2.04. The van der Waals surface area contributed by atoms with E-state index in [4.69, 9.17) is 4.74 Å². The molecule has 0 aliphatic heterocycles. The van der Waals surface area contributed by atoms with Gasteiger partial charge in [-0.15, -0.1) is 0 Å². The highest BCUT2D eigenvalue weighted by molar-refractivity contribution is 5.62. The summed E-state index contributed by atoms with van der Waals surface area (Å²) in [5.74, 6) is 0.591. The molecule has 0 saturated heterocycles. The Bertz CT molecular complexity index is 424. The van der Waals surface area contributed by atoms with Crippen molar-refractivity contribution in [2.75, 3.05) is 7.11 Å². The first-order valence-corrected chi connectivity index (χ1v) is 4.17. The van der Waals surface area contributed by atoms with Crippen molar-refractivity contribution in [3.8, 4) is 22.8 Å². The number of aromatic hydroxyl groups is 1. The maximum absolute atomic E-state index is 9.38. The van der Waals surface area contributed by atoms with Gasteiger partial charge >= 0.3 is 0 Å². The molecule has 4 nitrogen and oxygen atoms in total. The van der Waals surface area contributed by atoms with Crippen LogP contribution < -0.4 is 4.74 Å². The van der Waals surface area contributed by atoms with E-state index in [1.807, 2.05) is 0 Å². The quantitative estimate of drug-likeness (QED) is 0.759. The Morgan fingerprint density at radius 3 is 2.93 bits per heavy atom. The van der Waals surface area contributed by atoms with E-state index in [1.165, 1.54) is 7.11 Å². The summed E-state index contributed by atoms with van der Waals surface area (Å²) in [4.78, 5) is 6.89. The average Bonchev–Trinajstić information content (AvgIpc) is 2.71. The van der Waals surface area contributed by atoms with Gasteiger partial charge in [-0.2, -0.15) is 0 Å². The Kier molecular flexibility index (Phi) is 2.10. The number of aromatic nitrogens is 2. The van der Waals surface area contributed by atoms with Crippen LogP contribution in [0.2, 0.25) is 0 Å². The fourth-order valence-corrected chi connectivity index (χ4v) is 1.26. The van der Waals surface area contributed by atoms with E-state index >= 15 is 0 Å². The number of methoxy groups -OCH3 is 1. The van der Waals surface area contributed by atoms with Crippen LogP contribution in [0, 0.1) is 0 Å². The molecule has 0 bridgehead atoms. The largest absolute Gasteiger partial charge is 0.504 e. The number of imidazole rings is 1. The standard InChI is InChI=1S/C10H10N2O2/c1-14-10-4-7(2-3-9(10)13)8-5-11-6-12-8/h2-6,13H,1H3,(H,11,12). The molecule has 1 aromatic heterocycles. The average molecular weight is 190 g/mol. The highest BCUT2D eigenvalue weighted by atomic mass is 16.5. The predicted octanol–water partition coefficient (Wildman–Crippen LogP) is 1.79. The normalized spacial score (nSPS) is 10.1. The summed E-state index contributed by atoms with van der Waals surface area (Å²) in [6.45, 7) is 0. The minimum atomic E-state index is 0.135. The number of phenols is 1. The minimum Gasteiger partial charge on any atom is -0.504 e. The van der Waals surface area contributed by atoms with E-state index < -0.39 is 0 Å². The number of nitrogens with one attached hydrogen (secondary N) is 1. The first kappa shape index (κ1) is 8.62. The van der Waals surface area contributed by atoms with Crippen LogP contribution in [0.3, 0.4) is 0 Å². The molecule has 0 aliphatic rings. The van der Waals surface area contributed by atoms with Crippen LogP contribution >= 0.6 is 0 Å². The molecule has 0 spiro atoms. The smallest absolute Gasteiger partial charge is 0.161 e. The van der Waals surface area contributed by atoms with Gasteiger partial charge in [0.1, 0.15) is 0 Å². The first-order valence-electron chi connectivity index (χ1n) is 4.17.